The number of pyridine rings is 1. The van der Waals surface area contributed by atoms with Gasteiger partial charge in [0.1, 0.15) is 23.9 Å². The summed E-state index contributed by atoms with van der Waals surface area (Å²) in [7, 11) is 0. The zero-order valence-corrected chi connectivity index (χ0v) is 19.4. The summed E-state index contributed by atoms with van der Waals surface area (Å²) in [5.74, 6) is 1.60. The third kappa shape index (κ3) is 5.58. The molecule has 0 spiro atoms. The van der Waals surface area contributed by atoms with Crippen molar-refractivity contribution >= 4 is 16.9 Å². The molecule has 2 aromatic heterocycles. The van der Waals surface area contributed by atoms with Crippen LogP contribution in [0.2, 0.25) is 0 Å². The highest BCUT2D eigenvalue weighted by molar-refractivity contribution is 5.92. The number of carbonyl (C=O) groups is 1. The summed E-state index contributed by atoms with van der Waals surface area (Å²) in [6.07, 6.45) is 2.23. The van der Waals surface area contributed by atoms with Crippen LogP contribution in [0, 0.1) is 0 Å². The number of ether oxygens (including phenoxy) is 1. The lowest BCUT2D eigenvalue weighted by Crippen LogP contribution is -2.27. The number of amides is 1. The lowest BCUT2D eigenvalue weighted by molar-refractivity contribution is 0.0949. The highest BCUT2D eigenvalue weighted by atomic mass is 16.5. The van der Waals surface area contributed by atoms with Crippen molar-refractivity contribution in [3.05, 3.63) is 90.0 Å². The van der Waals surface area contributed by atoms with Crippen molar-refractivity contribution in [2.75, 3.05) is 13.2 Å². The molecule has 0 aliphatic carbocycles. The molecular formula is C27H30N4O2. The second-order valence-corrected chi connectivity index (χ2v) is 9.01. The van der Waals surface area contributed by atoms with E-state index in [1.54, 1.807) is 24.4 Å². The van der Waals surface area contributed by atoms with E-state index in [2.05, 4.69) is 53.8 Å². The normalized spacial score (nSPS) is 11.5. The van der Waals surface area contributed by atoms with E-state index in [1.165, 1.54) is 5.56 Å². The molecule has 33 heavy (non-hydrogen) atoms. The Bertz CT molecular complexity index is 1210. The number of carbonyl (C=O) groups excluding carboxylic acids is 1. The van der Waals surface area contributed by atoms with Gasteiger partial charge in [-0.25, -0.2) is 4.98 Å². The molecule has 6 nitrogen and oxygen atoms in total. The summed E-state index contributed by atoms with van der Waals surface area (Å²) in [6, 6.07) is 21.7. The zero-order valence-electron chi connectivity index (χ0n) is 19.4. The van der Waals surface area contributed by atoms with E-state index in [0.29, 0.717) is 31.8 Å². The number of hydrogen-bond acceptors (Lipinski definition) is 4. The zero-order chi connectivity index (χ0) is 23.3. The van der Waals surface area contributed by atoms with Gasteiger partial charge in [-0.3, -0.25) is 9.78 Å². The van der Waals surface area contributed by atoms with E-state index in [4.69, 9.17) is 9.72 Å². The third-order valence-electron chi connectivity index (χ3n) is 5.57. The fourth-order valence-corrected chi connectivity index (χ4v) is 3.75. The van der Waals surface area contributed by atoms with Gasteiger partial charge in [-0.2, -0.15) is 0 Å². The maximum absolute atomic E-state index is 12.3. The van der Waals surface area contributed by atoms with Crippen LogP contribution in [0.5, 0.6) is 5.75 Å². The molecule has 0 unspecified atom stereocenters. The van der Waals surface area contributed by atoms with E-state index < -0.39 is 0 Å². The smallest absolute Gasteiger partial charge is 0.269 e. The monoisotopic (exact) mass is 442 g/mol. The van der Waals surface area contributed by atoms with E-state index in [-0.39, 0.29) is 11.3 Å². The minimum Gasteiger partial charge on any atom is -0.492 e. The first kappa shape index (κ1) is 22.5. The molecule has 0 saturated heterocycles. The fraction of sp³-hybridized carbons (Fsp3) is 0.296. The average molecular weight is 443 g/mol. The van der Waals surface area contributed by atoms with Gasteiger partial charge in [0.05, 0.1) is 17.6 Å². The number of para-hydroxylation sites is 2. The summed E-state index contributed by atoms with van der Waals surface area (Å²) in [5.41, 5.74) is 3.82. The van der Waals surface area contributed by atoms with Gasteiger partial charge in [-0.05, 0) is 47.4 Å². The van der Waals surface area contributed by atoms with Crippen LogP contribution < -0.4 is 10.1 Å². The van der Waals surface area contributed by atoms with Crippen LogP contribution in [0.25, 0.3) is 11.0 Å². The molecule has 0 aliphatic heterocycles. The van der Waals surface area contributed by atoms with Gasteiger partial charge in [0.2, 0.25) is 0 Å². The number of nitrogens with zero attached hydrogens (tertiary/aromatic N) is 3. The predicted octanol–water partition coefficient (Wildman–Crippen LogP) is 4.78. The fourth-order valence-electron chi connectivity index (χ4n) is 3.75. The maximum Gasteiger partial charge on any atom is 0.269 e. The van der Waals surface area contributed by atoms with Gasteiger partial charge >= 0.3 is 0 Å². The first-order valence-electron chi connectivity index (χ1n) is 11.3. The predicted molar refractivity (Wildman–Crippen MR) is 131 cm³/mol. The lowest BCUT2D eigenvalue weighted by atomic mass is 9.87. The van der Waals surface area contributed by atoms with Gasteiger partial charge in [0, 0.05) is 19.2 Å². The van der Waals surface area contributed by atoms with Crippen LogP contribution in [0.1, 0.15) is 42.6 Å². The highest BCUT2D eigenvalue weighted by Crippen LogP contribution is 2.24. The summed E-state index contributed by atoms with van der Waals surface area (Å²) >= 11 is 0. The van der Waals surface area contributed by atoms with Gasteiger partial charge < -0.3 is 14.6 Å². The molecule has 0 atom stereocenters. The molecule has 0 aliphatic rings. The number of fused-ring (bicyclic) bond motifs is 1. The Morgan fingerprint density at radius 2 is 1.76 bits per heavy atom. The topological polar surface area (TPSA) is 69.0 Å². The lowest BCUT2D eigenvalue weighted by Gasteiger charge is -2.19. The molecule has 0 bridgehead atoms. The van der Waals surface area contributed by atoms with Crippen LogP contribution in [0.3, 0.4) is 0 Å². The van der Waals surface area contributed by atoms with Gasteiger partial charge in [-0.1, -0.05) is 51.1 Å². The van der Waals surface area contributed by atoms with Crippen molar-refractivity contribution in [3.63, 3.8) is 0 Å². The van der Waals surface area contributed by atoms with Gasteiger partial charge in [0.25, 0.3) is 5.91 Å². The van der Waals surface area contributed by atoms with E-state index in [1.807, 2.05) is 30.3 Å². The molecule has 6 heteroatoms. The Hall–Kier alpha value is -3.67. The number of benzene rings is 2. The number of hydrogen-bond donors (Lipinski definition) is 1. The first-order chi connectivity index (χ1) is 15.9. The summed E-state index contributed by atoms with van der Waals surface area (Å²) < 4.78 is 8.20. The summed E-state index contributed by atoms with van der Waals surface area (Å²) in [4.78, 5) is 21.2. The second kappa shape index (κ2) is 9.86. The van der Waals surface area contributed by atoms with Crippen molar-refractivity contribution in [1.82, 2.24) is 19.9 Å². The minimum atomic E-state index is -0.180. The van der Waals surface area contributed by atoms with Gasteiger partial charge in [0.15, 0.2) is 0 Å². The quantitative estimate of drug-likeness (QED) is 0.426. The number of rotatable bonds is 8. The highest BCUT2D eigenvalue weighted by Gasteiger charge is 2.14. The maximum atomic E-state index is 12.3. The SMILES string of the molecule is CC(C)(C)c1ccc(OCCn2c(CCNC(=O)c3ccccn3)nc3ccccc32)cc1. The molecule has 4 aromatic rings. The molecule has 170 valence electrons. The first-order valence-corrected chi connectivity index (χ1v) is 11.3. The van der Waals surface area contributed by atoms with Crippen LogP contribution >= 0.6 is 0 Å². The van der Waals surface area contributed by atoms with Crippen molar-refractivity contribution in [3.8, 4) is 5.75 Å². The minimum absolute atomic E-state index is 0.120. The Balaban J connectivity index is 1.40. The molecule has 1 N–H and O–H groups in total. The van der Waals surface area contributed by atoms with Crippen LogP contribution in [-0.4, -0.2) is 33.6 Å². The second-order valence-electron chi connectivity index (χ2n) is 9.01. The molecule has 0 saturated carbocycles. The van der Waals surface area contributed by atoms with Crippen molar-refractivity contribution < 1.29 is 9.53 Å². The van der Waals surface area contributed by atoms with Gasteiger partial charge in [-0.15, -0.1) is 0 Å². The molecule has 2 heterocycles. The van der Waals surface area contributed by atoms with Crippen LogP contribution in [0.15, 0.2) is 72.9 Å². The summed E-state index contributed by atoms with van der Waals surface area (Å²) in [5, 5.41) is 2.93. The Morgan fingerprint density at radius 1 is 1.00 bits per heavy atom. The van der Waals surface area contributed by atoms with E-state index in [0.717, 1.165) is 22.6 Å². The largest absolute Gasteiger partial charge is 0.492 e. The Labute approximate surface area is 194 Å². The van der Waals surface area contributed by atoms with Crippen molar-refractivity contribution in [2.24, 2.45) is 0 Å². The van der Waals surface area contributed by atoms with Crippen molar-refractivity contribution in [2.45, 2.75) is 39.2 Å². The number of nitrogens with one attached hydrogen (secondary N) is 1. The Morgan fingerprint density at radius 3 is 2.48 bits per heavy atom. The Kier molecular flexibility index (Phi) is 6.73. The van der Waals surface area contributed by atoms with Crippen molar-refractivity contribution in [1.29, 1.82) is 0 Å². The standard InChI is InChI=1S/C27H30N4O2/c1-27(2,3)20-11-13-21(14-12-20)33-19-18-31-24-10-5-4-8-22(24)30-25(31)15-17-29-26(32)23-9-6-7-16-28-23/h4-14,16H,15,17-19H2,1-3H3,(H,29,32). The van der Waals surface area contributed by atoms with Crippen LogP contribution in [-0.2, 0) is 18.4 Å². The van der Waals surface area contributed by atoms with E-state index in [9.17, 15) is 4.79 Å². The molecule has 1 amide bonds. The molecule has 0 fully saturated rings. The number of imidazole rings is 1. The molecule has 4 rings (SSSR count). The third-order valence-corrected chi connectivity index (χ3v) is 5.57. The summed E-state index contributed by atoms with van der Waals surface area (Å²) in [6.45, 7) is 8.29. The number of aromatic nitrogens is 3. The molecular weight excluding hydrogens is 412 g/mol. The average Bonchev–Trinajstić information content (AvgIpc) is 3.17. The molecule has 2 aromatic carbocycles. The molecule has 0 radical (unpaired) electrons. The van der Waals surface area contributed by atoms with E-state index >= 15 is 0 Å². The van der Waals surface area contributed by atoms with Crippen LogP contribution in [0.4, 0.5) is 0 Å².